The van der Waals surface area contributed by atoms with Gasteiger partial charge in [-0.1, -0.05) is 13.8 Å². The molecule has 0 aliphatic heterocycles. The van der Waals surface area contributed by atoms with Crippen molar-refractivity contribution in [2.75, 3.05) is 45.1 Å². The molecular weight excluding hydrogens is 406 g/mol. The minimum atomic E-state index is -0.224. The van der Waals surface area contributed by atoms with Gasteiger partial charge in [0, 0.05) is 50.7 Å². The van der Waals surface area contributed by atoms with E-state index >= 15 is 0 Å². The number of hydrogen-bond donors (Lipinski definition) is 1. The Hall–Kier alpha value is -3.06. The fourth-order valence-electron chi connectivity index (χ4n) is 3.40. The summed E-state index contributed by atoms with van der Waals surface area (Å²) in [5.41, 5.74) is 3.20. The Kier molecular flexibility index (Phi) is 9.08. The lowest BCUT2D eigenvalue weighted by atomic mass is 10.0. The number of rotatable bonds is 10. The van der Waals surface area contributed by atoms with Crippen molar-refractivity contribution < 1.29 is 19.1 Å². The Morgan fingerprint density at radius 3 is 2.19 bits per heavy atom. The van der Waals surface area contributed by atoms with Crippen molar-refractivity contribution in [3.05, 3.63) is 53.6 Å². The van der Waals surface area contributed by atoms with E-state index in [4.69, 9.17) is 9.47 Å². The van der Waals surface area contributed by atoms with Crippen LogP contribution in [-0.2, 0) is 16.1 Å². The van der Waals surface area contributed by atoms with Crippen LogP contribution in [0.25, 0.3) is 0 Å². The third-order valence-corrected chi connectivity index (χ3v) is 5.52. The highest BCUT2D eigenvalue weighted by Gasteiger charge is 2.25. The van der Waals surface area contributed by atoms with Crippen LogP contribution in [0.3, 0.4) is 0 Å². The van der Waals surface area contributed by atoms with E-state index in [9.17, 15) is 9.59 Å². The summed E-state index contributed by atoms with van der Waals surface area (Å²) < 4.78 is 10.1. The molecule has 2 aromatic carbocycles. The maximum absolute atomic E-state index is 13.5. The Morgan fingerprint density at radius 2 is 1.66 bits per heavy atom. The van der Waals surface area contributed by atoms with Gasteiger partial charge < -0.3 is 24.6 Å². The van der Waals surface area contributed by atoms with Crippen LogP contribution < -0.4 is 15.0 Å². The number of nitrogens with one attached hydrogen (secondary N) is 1. The molecular formula is C25H35N3O4. The van der Waals surface area contributed by atoms with E-state index < -0.39 is 0 Å². The number of carbonyl (C=O) groups is 2. The molecule has 0 aliphatic carbocycles. The molecule has 2 rings (SSSR count). The number of nitrogens with zero attached hydrogens (tertiary/aromatic N) is 2. The Balaban J connectivity index is 2.42. The predicted molar refractivity (Wildman–Crippen MR) is 128 cm³/mol. The van der Waals surface area contributed by atoms with Gasteiger partial charge in [-0.15, -0.1) is 0 Å². The van der Waals surface area contributed by atoms with Crippen molar-refractivity contribution in [2.45, 2.75) is 33.4 Å². The number of methoxy groups -OCH3 is 2. The Morgan fingerprint density at radius 1 is 1.00 bits per heavy atom. The minimum Gasteiger partial charge on any atom is -0.497 e. The van der Waals surface area contributed by atoms with E-state index in [-0.39, 0.29) is 30.4 Å². The molecule has 1 unspecified atom stereocenters. The van der Waals surface area contributed by atoms with Crippen LogP contribution >= 0.6 is 0 Å². The first-order valence-corrected chi connectivity index (χ1v) is 10.7. The number of ether oxygens (including phenoxy) is 2. The predicted octanol–water partition coefficient (Wildman–Crippen LogP) is 4.03. The molecule has 174 valence electrons. The molecule has 0 fully saturated rings. The highest BCUT2D eigenvalue weighted by atomic mass is 16.5. The quantitative estimate of drug-likeness (QED) is 0.603. The molecule has 7 heteroatoms. The number of carbonyl (C=O) groups excluding carboxylic acids is 2. The van der Waals surface area contributed by atoms with Gasteiger partial charge >= 0.3 is 0 Å². The van der Waals surface area contributed by atoms with E-state index in [0.29, 0.717) is 23.5 Å². The molecule has 1 N–H and O–H groups in total. The van der Waals surface area contributed by atoms with Gasteiger partial charge in [0.2, 0.25) is 5.91 Å². The average molecular weight is 442 g/mol. The zero-order valence-corrected chi connectivity index (χ0v) is 20.1. The van der Waals surface area contributed by atoms with Gasteiger partial charge in [0.1, 0.15) is 12.4 Å². The molecule has 2 aromatic rings. The molecule has 0 aliphatic rings. The summed E-state index contributed by atoms with van der Waals surface area (Å²) in [5.74, 6) is 0.703. The van der Waals surface area contributed by atoms with Crippen LogP contribution in [0.15, 0.2) is 42.5 Å². The second-order valence-corrected chi connectivity index (χ2v) is 8.37. The third-order valence-electron chi connectivity index (χ3n) is 5.52. The summed E-state index contributed by atoms with van der Waals surface area (Å²) in [4.78, 5) is 29.4. The number of hydrogen-bond acceptors (Lipinski definition) is 5. The van der Waals surface area contributed by atoms with E-state index in [1.54, 1.807) is 31.4 Å². The maximum Gasteiger partial charge on any atom is 0.254 e. The first-order chi connectivity index (χ1) is 15.2. The highest BCUT2D eigenvalue weighted by molar-refractivity contribution is 5.95. The molecule has 0 radical (unpaired) electrons. The third kappa shape index (κ3) is 6.47. The van der Waals surface area contributed by atoms with Crippen molar-refractivity contribution in [1.82, 2.24) is 4.90 Å². The largest absolute Gasteiger partial charge is 0.497 e. The highest BCUT2D eigenvalue weighted by Crippen LogP contribution is 2.27. The van der Waals surface area contributed by atoms with Crippen LogP contribution in [0, 0.1) is 5.92 Å². The van der Waals surface area contributed by atoms with Gasteiger partial charge in [-0.3, -0.25) is 9.59 Å². The van der Waals surface area contributed by atoms with Gasteiger partial charge in [-0.2, -0.15) is 0 Å². The van der Waals surface area contributed by atoms with Crippen LogP contribution in [0.4, 0.5) is 11.4 Å². The van der Waals surface area contributed by atoms with Gasteiger partial charge in [0.05, 0.1) is 7.11 Å². The molecule has 32 heavy (non-hydrogen) atoms. The van der Waals surface area contributed by atoms with E-state index in [2.05, 4.69) is 26.1 Å². The van der Waals surface area contributed by atoms with Crippen molar-refractivity contribution in [1.29, 1.82) is 0 Å². The van der Waals surface area contributed by atoms with Crippen LogP contribution in [0.1, 0.15) is 36.7 Å². The monoisotopic (exact) mass is 441 g/mol. The normalized spacial score (nSPS) is 11.8. The van der Waals surface area contributed by atoms with Gasteiger partial charge in [0.25, 0.3) is 5.91 Å². The van der Waals surface area contributed by atoms with Crippen molar-refractivity contribution in [2.24, 2.45) is 5.92 Å². The molecule has 1 atom stereocenters. The summed E-state index contributed by atoms with van der Waals surface area (Å²) in [6, 6.07) is 12.9. The lowest BCUT2D eigenvalue weighted by Gasteiger charge is -2.33. The smallest absolute Gasteiger partial charge is 0.254 e. The first kappa shape index (κ1) is 25.2. The minimum absolute atomic E-state index is 0.00588. The summed E-state index contributed by atoms with van der Waals surface area (Å²) >= 11 is 0. The van der Waals surface area contributed by atoms with Crippen molar-refractivity contribution in [3.8, 4) is 5.75 Å². The van der Waals surface area contributed by atoms with E-state index in [0.717, 1.165) is 11.3 Å². The molecule has 0 saturated carbocycles. The zero-order chi connectivity index (χ0) is 23.8. The van der Waals surface area contributed by atoms with Gasteiger partial charge in [0.15, 0.2) is 0 Å². The SMILES string of the molecule is COCC(=O)Nc1ccc(N(C)C)c(CN(C(=O)c2ccc(OC)cc2)C(C)C(C)C)c1. The standard InChI is InChI=1S/C25H35N3O4/c1-17(2)18(3)28(25(30)19-8-11-22(32-7)12-9-19)15-20-14-21(26-24(29)16-31-6)10-13-23(20)27(4)5/h8-14,17-18H,15-16H2,1-7H3,(H,26,29). The van der Waals surface area contributed by atoms with Crippen LogP contribution in [0.5, 0.6) is 5.75 Å². The number of benzene rings is 2. The number of anilines is 2. The second-order valence-electron chi connectivity index (χ2n) is 8.37. The molecule has 0 aromatic heterocycles. The molecule has 0 bridgehead atoms. The molecule has 0 heterocycles. The first-order valence-electron chi connectivity index (χ1n) is 10.7. The molecule has 0 spiro atoms. The second kappa shape index (κ2) is 11.5. The summed E-state index contributed by atoms with van der Waals surface area (Å²) in [5, 5.41) is 2.85. The van der Waals surface area contributed by atoms with Crippen LogP contribution in [0.2, 0.25) is 0 Å². The lowest BCUT2D eigenvalue weighted by Crippen LogP contribution is -2.41. The molecule has 2 amide bonds. The van der Waals surface area contributed by atoms with Crippen LogP contribution in [-0.4, -0.2) is 57.7 Å². The molecule has 7 nitrogen and oxygen atoms in total. The van der Waals surface area contributed by atoms with E-state index in [1.165, 1.54) is 7.11 Å². The summed E-state index contributed by atoms with van der Waals surface area (Å²) in [6.07, 6.45) is 0. The van der Waals surface area contributed by atoms with Gasteiger partial charge in [-0.25, -0.2) is 0 Å². The lowest BCUT2D eigenvalue weighted by molar-refractivity contribution is -0.119. The Labute approximate surface area is 191 Å². The van der Waals surface area contributed by atoms with Crippen molar-refractivity contribution >= 4 is 23.2 Å². The topological polar surface area (TPSA) is 71.1 Å². The van der Waals surface area contributed by atoms with Crippen molar-refractivity contribution in [3.63, 3.8) is 0 Å². The van der Waals surface area contributed by atoms with Gasteiger partial charge in [-0.05, 0) is 60.9 Å². The number of amides is 2. The van der Waals surface area contributed by atoms with E-state index in [1.807, 2.05) is 42.1 Å². The summed E-state index contributed by atoms with van der Waals surface area (Å²) in [7, 11) is 7.01. The average Bonchev–Trinajstić information content (AvgIpc) is 2.76. The summed E-state index contributed by atoms with van der Waals surface area (Å²) in [6.45, 7) is 6.66. The fourth-order valence-corrected chi connectivity index (χ4v) is 3.40. The Bertz CT molecular complexity index is 910. The fraction of sp³-hybridized carbons (Fsp3) is 0.440. The maximum atomic E-state index is 13.5. The molecule has 0 saturated heterocycles. The zero-order valence-electron chi connectivity index (χ0n) is 20.1.